The molecule has 10 heteroatoms. The van der Waals surface area contributed by atoms with Gasteiger partial charge in [0.05, 0.1) is 23.8 Å². The lowest BCUT2D eigenvalue weighted by molar-refractivity contribution is -0.119. The summed E-state index contributed by atoms with van der Waals surface area (Å²) in [4.78, 5) is 15.3. The molecular weight excluding hydrogens is 521 g/mol. The van der Waals surface area contributed by atoms with Crippen molar-refractivity contribution in [2.45, 2.75) is 18.0 Å². The number of anilines is 1. The zero-order valence-electron chi connectivity index (χ0n) is 19.6. The van der Waals surface area contributed by atoms with Crippen LogP contribution in [0.4, 0.5) is 5.69 Å². The van der Waals surface area contributed by atoms with E-state index in [1.54, 1.807) is 18.2 Å². The molecule has 36 heavy (non-hydrogen) atoms. The van der Waals surface area contributed by atoms with Crippen LogP contribution in [0.2, 0.25) is 10.0 Å². The van der Waals surface area contributed by atoms with Gasteiger partial charge in [-0.1, -0.05) is 65.7 Å². The number of amides is 1. The number of nitrogens with one attached hydrogen (secondary N) is 1. The highest BCUT2D eigenvalue weighted by atomic mass is 35.5. The average molecular weight is 548 g/mol. The highest BCUT2D eigenvalue weighted by Gasteiger charge is 2.27. The third-order valence-electron chi connectivity index (χ3n) is 5.78. The predicted octanol–water partition coefficient (Wildman–Crippen LogP) is 4.34. The van der Waals surface area contributed by atoms with Gasteiger partial charge < -0.3 is 10.1 Å². The molecule has 190 valence electrons. The van der Waals surface area contributed by atoms with E-state index in [0.717, 1.165) is 42.7 Å². The molecule has 0 aliphatic carbocycles. The molecule has 1 saturated heterocycles. The van der Waals surface area contributed by atoms with Gasteiger partial charge in [-0.3, -0.25) is 14.0 Å². The quantitative estimate of drug-likeness (QED) is 0.431. The molecule has 3 aromatic rings. The Labute approximate surface area is 221 Å². The molecule has 0 bridgehead atoms. The number of hydrogen-bond donors (Lipinski definition) is 1. The Morgan fingerprint density at radius 3 is 2.17 bits per heavy atom. The van der Waals surface area contributed by atoms with E-state index < -0.39 is 22.5 Å². The first-order valence-corrected chi connectivity index (χ1v) is 13.7. The molecule has 0 radical (unpaired) electrons. The molecule has 1 fully saturated rings. The van der Waals surface area contributed by atoms with Gasteiger partial charge >= 0.3 is 0 Å². The van der Waals surface area contributed by atoms with Gasteiger partial charge in [0.25, 0.3) is 10.0 Å². The number of nitrogens with zero attached hydrogens (tertiary/aromatic N) is 2. The van der Waals surface area contributed by atoms with Gasteiger partial charge in [-0.15, -0.1) is 0 Å². The summed E-state index contributed by atoms with van der Waals surface area (Å²) in [6.45, 7) is 4.03. The van der Waals surface area contributed by atoms with E-state index in [0.29, 0.717) is 0 Å². The molecule has 4 rings (SSSR count). The zero-order chi connectivity index (χ0) is 25.5. The van der Waals surface area contributed by atoms with Crippen LogP contribution in [0.25, 0.3) is 0 Å². The second-order valence-electron chi connectivity index (χ2n) is 8.43. The van der Waals surface area contributed by atoms with Crippen molar-refractivity contribution in [3.63, 3.8) is 0 Å². The van der Waals surface area contributed by atoms with Crippen molar-refractivity contribution in [3.8, 4) is 0 Å². The Balaban J connectivity index is 1.44. The molecule has 0 atom stereocenters. The van der Waals surface area contributed by atoms with Crippen LogP contribution in [0.15, 0.2) is 77.7 Å². The minimum Gasteiger partial charge on any atom is -0.379 e. The number of carbonyl (C=O) groups is 1. The highest BCUT2D eigenvalue weighted by molar-refractivity contribution is 7.92. The minimum absolute atomic E-state index is 0.0600. The van der Waals surface area contributed by atoms with E-state index in [9.17, 15) is 13.2 Å². The first-order valence-electron chi connectivity index (χ1n) is 11.5. The molecule has 3 aromatic carbocycles. The van der Waals surface area contributed by atoms with Crippen molar-refractivity contribution in [2.75, 3.05) is 37.2 Å². The van der Waals surface area contributed by atoms with Crippen LogP contribution < -0.4 is 9.62 Å². The van der Waals surface area contributed by atoms with Crippen molar-refractivity contribution in [1.29, 1.82) is 0 Å². The summed E-state index contributed by atoms with van der Waals surface area (Å²) in [7, 11) is -4.04. The fourth-order valence-corrected chi connectivity index (χ4v) is 5.83. The van der Waals surface area contributed by atoms with Crippen LogP contribution in [-0.2, 0) is 32.6 Å². The molecule has 0 aromatic heterocycles. The fraction of sp³-hybridized carbons (Fsp3) is 0.269. The molecule has 0 unspecified atom stereocenters. The first-order chi connectivity index (χ1) is 17.3. The number of benzene rings is 3. The lowest BCUT2D eigenvalue weighted by atomic mass is 10.1. The average Bonchev–Trinajstić information content (AvgIpc) is 2.87. The number of ether oxygens (including phenoxy) is 1. The summed E-state index contributed by atoms with van der Waals surface area (Å²) >= 11 is 12.3. The summed E-state index contributed by atoms with van der Waals surface area (Å²) < 4.78 is 33.2. The van der Waals surface area contributed by atoms with E-state index in [4.69, 9.17) is 27.9 Å². The van der Waals surface area contributed by atoms with Crippen LogP contribution in [-0.4, -0.2) is 52.1 Å². The summed E-state index contributed by atoms with van der Waals surface area (Å²) in [5, 5.41) is 3.35. The van der Waals surface area contributed by atoms with Crippen molar-refractivity contribution >= 4 is 44.8 Å². The van der Waals surface area contributed by atoms with Crippen molar-refractivity contribution in [2.24, 2.45) is 0 Å². The Morgan fingerprint density at radius 1 is 0.917 bits per heavy atom. The molecule has 1 amide bonds. The highest BCUT2D eigenvalue weighted by Crippen LogP contribution is 2.29. The molecule has 1 heterocycles. The van der Waals surface area contributed by atoms with Crippen molar-refractivity contribution < 1.29 is 17.9 Å². The van der Waals surface area contributed by atoms with Gasteiger partial charge in [-0.25, -0.2) is 8.42 Å². The number of rotatable bonds is 9. The fourth-order valence-electron chi connectivity index (χ4n) is 3.88. The van der Waals surface area contributed by atoms with Crippen LogP contribution in [0.5, 0.6) is 0 Å². The van der Waals surface area contributed by atoms with Crippen LogP contribution in [0.3, 0.4) is 0 Å². The molecular formula is C26H27Cl2N3O4S. The van der Waals surface area contributed by atoms with E-state index in [1.807, 2.05) is 24.3 Å². The number of carbonyl (C=O) groups excluding carboxylic acids is 1. The molecule has 1 aliphatic heterocycles. The standard InChI is InChI=1S/C26H27Cl2N3O4S/c27-22-14-23(28)16-24(15-22)31(36(33,34)25-4-2-1-3-5-25)19-26(32)29-17-20-6-8-21(9-7-20)18-30-10-12-35-13-11-30/h1-9,14-16H,10-13,17-19H2,(H,29,32). The van der Waals surface area contributed by atoms with Crippen LogP contribution in [0.1, 0.15) is 11.1 Å². The number of morpholine rings is 1. The predicted molar refractivity (Wildman–Crippen MR) is 142 cm³/mol. The van der Waals surface area contributed by atoms with Crippen LogP contribution in [0, 0.1) is 0 Å². The first kappa shape index (κ1) is 26.4. The molecule has 7 nitrogen and oxygen atoms in total. The SMILES string of the molecule is O=C(CN(c1cc(Cl)cc(Cl)c1)S(=O)(=O)c1ccccc1)NCc1ccc(CN2CCOCC2)cc1. The van der Waals surface area contributed by atoms with Crippen molar-refractivity contribution in [3.05, 3.63) is 94.0 Å². The number of halogens is 2. The van der Waals surface area contributed by atoms with Gasteiger partial charge in [-0.2, -0.15) is 0 Å². The van der Waals surface area contributed by atoms with Gasteiger partial charge in [0.2, 0.25) is 5.91 Å². The Bertz CT molecular complexity index is 1260. The molecule has 0 saturated carbocycles. The molecule has 1 N–H and O–H groups in total. The Morgan fingerprint density at radius 2 is 1.53 bits per heavy atom. The van der Waals surface area contributed by atoms with E-state index in [1.165, 1.54) is 35.9 Å². The molecule has 1 aliphatic rings. The second kappa shape index (κ2) is 12.1. The van der Waals surface area contributed by atoms with Gasteiger partial charge in [-0.05, 0) is 41.5 Å². The number of sulfonamides is 1. The summed E-state index contributed by atoms with van der Waals surface area (Å²) in [6, 6.07) is 20.4. The van der Waals surface area contributed by atoms with E-state index in [2.05, 4.69) is 10.2 Å². The lowest BCUT2D eigenvalue weighted by Gasteiger charge is -2.26. The summed E-state index contributed by atoms with van der Waals surface area (Å²) in [5.41, 5.74) is 2.31. The molecule has 0 spiro atoms. The maximum Gasteiger partial charge on any atom is 0.264 e. The largest absolute Gasteiger partial charge is 0.379 e. The summed E-state index contributed by atoms with van der Waals surface area (Å²) in [5.74, 6) is -0.456. The minimum atomic E-state index is -4.04. The van der Waals surface area contributed by atoms with Crippen LogP contribution >= 0.6 is 23.2 Å². The Kier molecular flexibility index (Phi) is 8.87. The Hall–Kier alpha value is -2.62. The topological polar surface area (TPSA) is 79.0 Å². The van der Waals surface area contributed by atoms with E-state index >= 15 is 0 Å². The van der Waals surface area contributed by atoms with Gasteiger partial charge in [0.15, 0.2) is 0 Å². The maximum absolute atomic E-state index is 13.4. The normalized spacial score (nSPS) is 14.4. The number of hydrogen-bond acceptors (Lipinski definition) is 5. The monoisotopic (exact) mass is 547 g/mol. The van der Waals surface area contributed by atoms with E-state index in [-0.39, 0.29) is 27.2 Å². The van der Waals surface area contributed by atoms with Gasteiger partial charge in [0, 0.05) is 36.2 Å². The third kappa shape index (κ3) is 6.99. The van der Waals surface area contributed by atoms with Crippen molar-refractivity contribution in [1.82, 2.24) is 10.2 Å². The third-order valence-corrected chi connectivity index (χ3v) is 8.00. The smallest absolute Gasteiger partial charge is 0.264 e. The zero-order valence-corrected chi connectivity index (χ0v) is 21.9. The second-order valence-corrected chi connectivity index (χ2v) is 11.2. The lowest BCUT2D eigenvalue weighted by Crippen LogP contribution is -2.40. The summed E-state index contributed by atoms with van der Waals surface area (Å²) in [6.07, 6.45) is 0. The maximum atomic E-state index is 13.4. The van der Waals surface area contributed by atoms with Gasteiger partial charge in [0.1, 0.15) is 6.54 Å².